The van der Waals surface area contributed by atoms with Gasteiger partial charge in [0.2, 0.25) is 5.91 Å². The first-order valence-electron chi connectivity index (χ1n) is 13.8. The van der Waals surface area contributed by atoms with Crippen molar-refractivity contribution in [3.05, 3.63) is 12.2 Å². The molecular weight excluding hydrogens is 430 g/mol. The molecule has 0 radical (unpaired) electrons. The second kappa shape index (κ2) is 16.1. The number of hydrogen-bond donors (Lipinski definition) is 1. The molecule has 1 saturated heterocycles. The van der Waals surface area contributed by atoms with E-state index in [0.29, 0.717) is 51.2 Å². The summed E-state index contributed by atoms with van der Waals surface area (Å²) < 4.78 is 5.09. The van der Waals surface area contributed by atoms with Crippen LogP contribution in [0.3, 0.4) is 0 Å². The van der Waals surface area contributed by atoms with Gasteiger partial charge >= 0.3 is 5.97 Å². The van der Waals surface area contributed by atoms with Crippen LogP contribution in [0.4, 0.5) is 0 Å². The molecular formula is C28H47NO5. The molecule has 3 atom stereocenters. The van der Waals surface area contributed by atoms with E-state index in [1.165, 1.54) is 0 Å². The number of carbonyl (C=O) groups excluding carboxylic acids is 3. The van der Waals surface area contributed by atoms with Crippen molar-refractivity contribution in [1.82, 2.24) is 4.90 Å². The van der Waals surface area contributed by atoms with Gasteiger partial charge in [0.1, 0.15) is 5.78 Å². The van der Waals surface area contributed by atoms with E-state index in [9.17, 15) is 19.5 Å². The minimum atomic E-state index is -0.392. The zero-order valence-corrected chi connectivity index (χ0v) is 21.5. The summed E-state index contributed by atoms with van der Waals surface area (Å²) in [5.74, 6) is 0.739. The van der Waals surface area contributed by atoms with Crippen molar-refractivity contribution in [2.45, 2.75) is 110 Å². The van der Waals surface area contributed by atoms with Gasteiger partial charge in [-0.15, -0.1) is 0 Å². The normalized spacial score (nSPS) is 22.4. The highest BCUT2D eigenvalue weighted by Crippen LogP contribution is 2.34. The summed E-state index contributed by atoms with van der Waals surface area (Å²) in [7, 11) is 0. The highest BCUT2D eigenvalue weighted by molar-refractivity contribution is 5.83. The number of carbonyl (C=O) groups is 3. The summed E-state index contributed by atoms with van der Waals surface area (Å²) >= 11 is 0. The van der Waals surface area contributed by atoms with E-state index in [1.54, 1.807) is 0 Å². The highest BCUT2D eigenvalue weighted by atomic mass is 16.5. The lowest BCUT2D eigenvalue weighted by Crippen LogP contribution is -2.40. The Hall–Kier alpha value is -1.69. The number of ether oxygens (including phenoxy) is 1. The van der Waals surface area contributed by atoms with Gasteiger partial charge in [-0.2, -0.15) is 0 Å². The SMILES string of the molecule is CCCCC[C@@H](O)/C=C/[C@H]1CCC(=O)[C@@H]1CCCCCCC(=O)N1CCC(C(=O)OCC)CC1. The quantitative estimate of drug-likeness (QED) is 0.199. The monoisotopic (exact) mass is 477 g/mol. The van der Waals surface area contributed by atoms with Gasteiger partial charge < -0.3 is 14.7 Å². The van der Waals surface area contributed by atoms with E-state index in [4.69, 9.17) is 4.74 Å². The zero-order chi connectivity index (χ0) is 24.8. The predicted molar refractivity (Wildman–Crippen MR) is 134 cm³/mol. The van der Waals surface area contributed by atoms with Crippen LogP contribution in [0.5, 0.6) is 0 Å². The summed E-state index contributed by atoms with van der Waals surface area (Å²) in [5, 5.41) is 10.1. The number of amides is 1. The van der Waals surface area contributed by atoms with Gasteiger partial charge in [-0.1, -0.05) is 57.6 Å². The number of esters is 1. The average molecular weight is 478 g/mol. The summed E-state index contributed by atoms with van der Waals surface area (Å²) in [6.45, 7) is 5.68. The van der Waals surface area contributed by atoms with Crippen molar-refractivity contribution < 1.29 is 24.2 Å². The molecule has 0 aromatic heterocycles. The maximum atomic E-state index is 12.5. The predicted octanol–water partition coefficient (Wildman–Crippen LogP) is 5.22. The molecule has 2 aliphatic rings. The van der Waals surface area contributed by atoms with Gasteiger partial charge in [0.15, 0.2) is 0 Å². The van der Waals surface area contributed by atoms with Crippen LogP contribution >= 0.6 is 0 Å². The largest absolute Gasteiger partial charge is 0.466 e. The van der Waals surface area contributed by atoms with Crippen LogP contribution in [-0.2, 0) is 19.1 Å². The Morgan fingerprint density at radius 3 is 2.50 bits per heavy atom. The maximum Gasteiger partial charge on any atom is 0.309 e. The summed E-state index contributed by atoms with van der Waals surface area (Å²) in [6.07, 6.45) is 16.1. The number of ketones is 1. The van der Waals surface area contributed by atoms with Crippen molar-refractivity contribution in [3.8, 4) is 0 Å². The highest BCUT2D eigenvalue weighted by Gasteiger charge is 2.32. The maximum absolute atomic E-state index is 12.5. The molecule has 1 N–H and O–H groups in total. The van der Waals surface area contributed by atoms with Crippen LogP contribution in [-0.4, -0.2) is 53.5 Å². The molecule has 0 unspecified atom stereocenters. The van der Waals surface area contributed by atoms with Crippen LogP contribution in [0.25, 0.3) is 0 Å². The molecule has 1 saturated carbocycles. The van der Waals surface area contributed by atoms with E-state index < -0.39 is 6.10 Å². The van der Waals surface area contributed by atoms with Crippen LogP contribution in [0.15, 0.2) is 12.2 Å². The molecule has 194 valence electrons. The lowest BCUT2D eigenvalue weighted by atomic mass is 9.89. The van der Waals surface area contributed by atoms with Crippen LogP contribution in [0.2, 0.25) is 0 Å². The summed E-state index contributed by atoms with van der Waals surface area (Å²) in [5.41, 5.74) is 0. The molecule has 1 heterocycles. The third-order valence-corrected chi connectivity index (χ3v) is 7.46. The van der Waals surface area contributed by atoms with Gasteiger partial charge in [0.25, 0.3) is 0 Å². The van der Waals surface area contributed by atoms with E-state index in [0.717, 1.165) is 64.2 Å². The first-order chi connectivity index (χ1) is 16.5. The third-order valence-electron chi connectivity index (χ3n) is 7.46. The van der Waals surface area contributed by atoms with Gasteiger partial charge in [0.05, 0.1) is 18.6 Å². The average Bonchev–Trinajstić information content (AvgIpc) is 3.19. The number of allylic oxidation sites excluding steroid dienone is 1. The van der Waals surface area contributed by atoms with Crippen LogP contribution < -0.4 is 0 Å². The van der Waals surface area contributed by atoms with Crippen molar-refractivity contribution >= 4 is 17.7 Å². The fourth-order valence-electron chi connectivity index (χ4n) is 5.29. The molecule has 1 aliphatic carbocycles. The molecule has 2 fully saturated rings. The Kier molecular flexibility index (Phi) is 13.5. The van der Waals surface area contributed by atoms with Gasteiger partial charge in [-0.05, 0) is 51.4 Å². The molecule has 0 spiro atoms. The van der Waals surface area contributed by atoms with E-state index in [1.807, 2.05) is 17.9 Å². The molecule has 2 rings (SSSR count). The fraction of sp³-hybridized carbons (Fsp3) is 0.821. The molecule has 6 heteroatoms. The van der Waals surface area contributed by atoms with Crippen molar-refractivity contribution in [2.75, 3.05) is 19.7 Å². The number of nitrogens with zero attached hydrogens (tertiary/aromatic N) is 1. The fourth-order valence-corrected chi connectivity index (χ4v) is 5.29. The zero-order valence-electron chi connectivity index (χ0n) is 21.5. The van der Waals surface area contributed by atoms with Gasteiger partial charge in [-0.25, -0.2) is 0 Å². The first kappa shape index (κ1) is 28.5. The van der Waals surface area contributed by atoms with E-state index >= 15 is 0 Å². The van der Waals surface area contributed by atoms with E-state index in [-0.39, 0.29) is 29.6 Å². The lowest BCUT2D eigenvalue weighted by Gasteiger charge is -2.31. The minimum absolute atomic E-state index is 0.0645. The number of hydrogen-bond acceptors (Lipinski definition) is 5. The van der Waals surface area contributed by atoms with E-state index in [2.05, 4.69) is 13.0 Å². The molecule has 0 aromatic rings. The van der Waals surface area contributed by atoms with Crippen molar-refractivity contribution in [3.63, 3.8) is 0 Å². The molecule has 1 amide bonds. The smallest absolute Gasteiger partial charge is 0.309 e. The molecule has 0 bridgehead atoms. The number of rotatable bonds is 15. The van der Waals surface area contributed by atoms with Crippen molar-refractivity contribution in [2.24, 2.45) is 17.8 Å². The Balaban J connectivity index is 1.58. The van der Waals surface area contributed by atoms with Gasteiger partial charge in [-0.3, -0.25) is 14.4 Å². The minimum Gasteiger partial charge on any atom is -0.466 e. The number of Topliss-reactive ketones (excluding diaryl/α,β-unsaturated/α-hetero) is 1. The van der Waals surface area contributed by atoms with Crippen molar-refractivity contribution in [1.29, 1.82) is 0 Å². The Morgan fingerprint density at radius 2 is 1.79 bits per heavy atom. The first-order valence-corrected chi connectivity index (χ1v) is 13.8. The molecule has 0 aromatic carbocycles. The number of likely N-dealkylation sites (tertiary alicyclic amines) is 1. The number of unbranched alkanes of at least 4 members (excludes halogenated alkanes) is 5. The lowest BCUT2D eigenvalue weighted by molar-refractivity contribution is -0.151. The Morgan fingerprint density at radius 1 is 1.06 bits per heavy atom. The topological polar surface area (TPSA) is 83.9 Å². The second-order valence-corrected chi connectivity index (χ2v) is 10.1. The molecule has 6 nitrogen and oxygen atoms in total. The number of piperidine rings is 1. The van der Waals surface area contributed by atoms with Crippen LogP contribution in [0.1, 0.15) is 104 Å². The third kappa shape index (κ3) is 9.89. The summed E-state index contributed by atoms with van der Waals surface area (Å²) in [4.78, 5) is 38.6. The standard InChI is InChI=1S/C28H47NO5/c1-3-5-8-11-24(30)16-14-22-15-17-26(31)25(22)12-9-6-7-10-13-27(32)29-20-18-23(19-21-29)28(33)34-4-2/h14,16,22-25,30H,3-13,15,17-21H2,1-2H3/b16-14+/t22-,24+,25+/m0/s1. The summed E-state index contributed by atoms with van der Waals surface area (Å²) in [6, 6.07) is 0. The number of aliphatic hydroxyl groups is 1. The Labute approximate surface area is 206 Å². The Bertz CT molecular complexity index is 653. The molecule has 34 heavy (non-hydrogen) atoms. The number of aliphatic hydroxyl groups excluding tert-OH is 1. The molecule has 1 aliphatic heterocycles. The van der Waals surface area contributed by atoms with Gasteiger partial charge in [0, 0.05) is 31.8 Å². The van der Waals surface area contributed by atoms with Crippen LogP contribution in [0, 0.1) is 17.8 Å². The second-order valence-electron chi connectivity index (χ2n) is 10.1.